The lowest BCUT2D eigenvalue weighted by Crippen LogP contribution is -2.11. The third-order valence-corrected chi connectivity index (χ3v) is 3.62. The first-order valence-corrected chi connectivity index (χ1v) is 7.10. The molecule has 0 amide bonds. The number of esters is 1. The number of thioether (sulfide) groups is 1. The van der Waals surface area contributed by atoms with E-state index in [0.717, 1.165) is 0 Å². The normalized spacial score (nSPS) is 11.0. The van der Waals surface area contributed by atoms with Crippen molar-refractivity contribution in [2.24, 2.45) is 0 Å². The van der Waals surface area contributed by atoms with Gasteiger partial charge in [-0.05, 0) is 42.3 Å². The van der Waals surface area contributed by atoms with E-state index in [2.05, 4.69) is 0 Å². The Morgan fingerprint density at radius 1 is 1.38 bits per heavy atom. The van der Waals surface area contributed by atoms with Crippen molar-refractivity contribution >= 4 is 17.7 Å². The van der Waals surface area contributed by atoms with E-state index in [1.165, 1.54) is 12.1 Å². The minimum Gasteiger partial charge on any atom is -0.466 e. The van der Waals surface area contributed by atoms with E-state index < -0.39 is 11.5 Å². The summed E-state index contributed by atoms with van der Waals surface area (Å²) < 4.78 is 42.9. The van der Waals surface area contributed by atoms with Gasteiger partial charge in [0.05, 0.1) is 24.7 Å². The first-order chi connectivity index (χ1) is 9.82. The number of halogens is 3. The maximum absolute atomic E-state index is 12.7. The van der Waals surface area contributed by atoms with Crippen LogP contribution in [0, 0.1) is 11.3 Å². The van der Waals surface area contributed by atoms with Crippen molar-refractivity contribution in [1.82, 2.24) is 0 Å². The molecule has 0 atom stereocenters. The number of nitriles is 1. The quantitative estimate of drug-likeness (QED) is 0.611. The van der Waals surface area contributed by atoms with Crippen molar-refractivity contribution in [2.75, 3.05) is 6.61 Å². The van der Waals surface area contributed by atoms with Crippen LogP contribution in [0.4, 0.5) is 13.2 Å². The number of ether oxygens (including phenoxy) is 1. The fraction of sp³-hybridized carbons (Fsp3) is 0.429. The van der Waals surface area contributed by atoms with Crippen LogP contribution in [0.3, 0.4) is 0 Å². The first-order valence-electron chi connectivity index (χ1n) is 6.28. The van der Waals surface area contributed by atoms with E-state index in [1.54, 1.807) is 13.8 Å². The van der Waals surface area contributed by atoms with E-state index in [0.29, 0.717) is 5.56 Å². The third-order valence-electron chi connectivity index (χ3n) is 2.67. The number of carbonyl (C=O) groups is 1. The van der Waals surface area contributed by atoms with Gasteiger partial charge in [-0.3, -0.25) is 4.79 Å². The molecule has 0 heterocycles. The van der Waals surface area contributed by atoms with Crippen LogP contribution >= 0.6 is 11.8 Å². The second kappa shape index (κ2) is 7.36. The zero-order chi connectivity index (χ0) is 16.0. The second-order valence-electron chi connectivity index (χ2n) is 4.07. The topological polar surface area (TPSA) is 50.1 Å². The molecule has 1 rings (SSSR count). The number of benzene rings is 1. The molecule has 1 aromatic carbocycles. The zero-order valence-electron chi connectivity index (χ0n) is 11.6. The van der Waals surface area contributed by atoms with Gasteiger partial charge in [0.2, 0.25) is 0 Å². The molecule has 0 fully saturated rings. The van der Waals surface area contributed by atoms with Gasteiger partial charge < -0.3 is 4.74 Å². The van der Waals surface area contributed by atoms with Crippen molar-refractivity contribution in [2.45, 2.75) is 37.1 Å². The van der Waals surface area contributed by atoms with Gasteiger partial charge in [0, 0.05) is 4.90 Å². The SMILES string of the molecule is CCOC(=O)Cc1ccc(C#N)c(CC)c1SC(F)(F)F. The molecule has 0 aromatic heterocycles. The Bertz CT molecular complexity index is 565. The van der Waals surface area contributed by atoms with Crippen LogP contribution in [0.25, 0.3) is 0 Å². The molecule has 0 saturated carbocycles. The van der Waals surface area contributed by atoms with Crippen molar-refractivity contribution < 1.29 is 22.7 Å². The van der Waals surface area contributed by atoms with Crippen LogP contribution in [0.2, 0.25) is 0 Å². The second-order valence-corrected chi connectivity index (χ2v) is 5.15. The van der Waals surface area contributed by atoms with Gasteiger partial charge in [-0.2, -0.15) is 18.4 Å². The van der Waals surface area contributed by atoms with Crippen LogP contribution < -0.4 is 0 Å². The summed E-state index contributed by atoms with van der Waals surface area (Å²) in [4.78, 5) is 11.4. The third kappa shape index (κ3) is 4.97. The van der Waals surface area contributed by atoms with Gasteiger partial charge in [0.15, 0.2) is 0 Å². The predicted octanol–water partition coefficient (Wildman–Crippen LogP) is 3.84. The van der Waals surface area contributed by atoms with Gasteiger partial charge in [0.25, 0.3) is 0 Å². The van der Waals surface area contributed by atoms with Gasteiger partial charge in [-0.25, -0.2) is 0 Å². The van der Waals surface area contributed by atoms with Crippen LogP contribution in [0.15, 0.2) is 17.0 Å². The van der Waals surface area contributed by atoms with Crippen molar-refractivity contribution in [3.8, 4) is 6.07 Å². The van der Waals surface area contributed by atoms with E-state index >= 15 is 0 Å². The molecule has 21 heavy (non-hydrogen) atoms. The van der Waals surface area contributed by atoms with Crippen LogP contribution in [-0.2, 0) is 22.4 Å². The monoisotopic (exact) mass is 317 g/mol. The molecular weight excluding hydrogens is 303 g/mol. The van der Waals surface area contributed by atoms with E-state index in [4.69, 9.17) is 10.00 Å². The fourth-order valence-electron chi connectivity index (χ4n) is 1.88. The molecule has 0 radical (unpaired) electrons. The summed E-state index contributed by atoms with van der Waals surface area (Å²) in [5.41, 5.74) is -3.76. The summed E-state index contributed by atoms with van der Waals surface area (Å²) in [7, 11) is 0. The highest BCUT2D eigenvalue weighted by Crippen LogP contribution is 2.41. The largest absolute Gasteiger partial charge is 0.466 e. The van der Waals surface area contributed by atoms with Crippen LogP contribution in [-0.4, -0.2) is 18.1 Å². The highest BCUT2D eigenvalue weighted by molar-refractivity contribution is 8.00. The van der Waals surface area contributed by atoms with Gasteiger partial charge in [-0.1, -0.05) is 13.0 Å². The average molecular weight is 317 g/mol. The summed E-state index contributed by atoms with van der Waals surface area (Å²) >= 11 is -0.291. The molecule has 0 aliphatic heterocycles. The molecule has 0 saturated heterocycles. The van der Waals surface area contributed by atoms with Crippen molar-refractivity contribution in [3.63, 3.8) is 0 Å². The number of rotatable bonds is 5. The number of nitrogens with zero attached hydrogens (tertiary/aromatic N) is 1. The molecule has 114 valence electrons. The molecule has 0 aliphatic rings. The highest BCUT2D eigenvalue weighted by atomic mass is 32.2. The maximum Gasteiger partial charge on any atom is 0.446 e. The van der Waals surface area contributed by atoms with Crippen LogP contribution in [0.5, 0.6) is 0 Å². The average Bonchev–Trinajstić information content (AvgIpc) is 2.39. The zero-order valence-corrected chi connectivity index (χ0v) is 12.4. The van der Waals surface area contributed by atoms with Crippen molar-refractivity contribution in [3.05, 3.63) is 28.8 Å². The Morgan fingerprint density at radius 2 is 2.05 bits per heavy atom. The van der Waals surface area contributed by atoms with E-state index in [-0.39, 0.29) is 47.2 Å². The molecule has 0 unspecified atom stereocenters. The Labute approximate surface area is 125 Å². The highest BCUT2D eigenvalue weighted by Gasteiger charge is 2.32. The fourth-order valence-corrected chi connectivity index (χ4v) is 2.76. The standard InChI is InChI=1S/C14H14F3NO2S/c1-3-11-10(8-18)6-5-9(7-12(19)20-4-2)13(11)21-14(15,16)17/h5-6H,3-4,7H2,1-2H3. The predicted molar refractivity (Wildman–Crippen MR) is 72.8 cm³/mol. The van der Waals surface area contributed by atoms with E-state index in [9.17, 15) is 18.0 Å². The van der Waals surface area contributed by atoms with E-state index in [1.807, 2.05) is 6.07 Å². The lowest BCUT2D eigenvalue weighted by molar-refractivity contribution is -0.142. The van der Waals surface area contributed by atoms with Gasteiger partial charge in [0.1, 0.15) is 0 Å². The van der Waals surface area contributed by atoms with Crippen LogP contribution in [0.1, 0.15) is 30.5 Å². The summed E-state index contributed by atoms with van der Waals surface area (Å²) in [5, 5.41) is 9.00. The molecule has 0 spiro atoms. The number of hydrogen-bond donors (Lipinski definition) is 0. The summed E-state index contributed by atoms with van der Waals surface area (Å²) in [6, 6.07) is 4.70. The molecule has 3 nitrogen and oxygen atoms in total. The lowest BCUT2D eigenvalue weighted by Gasteiger charge is -2.16. The Kier molecular flexibility index (Phi) is 6.09. The Morgan fingerprint density at radius 3 is 2.52 bits per heavy atom. The minimum atomic E-state index is -4.48. The maximum atomic E-state index is 12.7. The van der Waals surface area contributed by atoms with Crippen molar-refractivity contribution in [1.29, 1.82) is 5.26 Å². The Balaban J connectivity index is 3.29. The molecular formula is C14H14F3NO2S. The molecule has 7 heteroatoms. The molecule has 1 aromatic rings. The van der Waals surface area contributed by atoms with Gasteiger partial charge in [-0.15, -0.1) is 0 Å². The number of hydrogen-bond acceptors (Lipinski definition) is 4. The van der Waals surface area contributed by atoms with Gasteiger partial charge >= 0.3 is 11.5 Å². The summed E-state index contributed by atoms with van der Waals surface area (Å²) in [5.74, 6) is -0.590. The molecule has 0 aliphatic carbocycles. The molecule has 0 N–H and O–H groups in total. The summed E-state index contributed by atoms with van der Waals surface area (Å²) in [6.45, 7) is 3.46. The number of carbonyl (C=O) groups excluding carboxylic acids is 1. The lowest BCUT2D eigenvalue weighted by atomic mass is 10.0. The smallest absolute Gasteiger partial charge is 0.446 e. The Hall–Kier alpha value is -1.68. The first kappa shape index (κ1) is 17.4. The minimum absolute atomic E-state index is 0.0721. The molecule has 0 bridgehead atoms. The summed E-state index contributed by atoms with van der Waals surface area (Å²) in [6.07, 6.45) is 0.0307. The number of alkyl halides is 3.